The van der Waals surface area contributed by atoms with Crippen molar-refractivity contribution in [2.45, 2.75) is 38.8 Å². The number of rotatable bonds is 5. The normalized spacial score (nSPS) is 24.7. The molecule has 0 aromatic heterocycles. The smallest absolute Gasteiger partial charge is 0.324 e. The van der Waals surface area contributed by atoms with Gasteiger partial charge in [0.1, 0.15) is 6.29 Å². The van der Waals surface area contributed by atoms with E-state index in [1.807, 2.05) is 23.6 Å². The fourth-order valence-corrected chi connectivity index (χ4v) is 4.02. The Morgan fingerprint density at radius 1 is 1.60 bits per heavy atom. The average Bonchev–Trinajstić information content (AvgIpc) is 2.64. The Hall–Kier alpha value is 0.460. The van der Waals surface area contributed by atoms with Crippen LogP contribution in [0.4, 0.5) is 0 Å². The van der Waals surface area contributed by atoms with Crippen LogP contribution in [-0.4, -0.2) is 44.6 Å². The summed E-state index contributed by atoms with van der Waals surface area (Å²) in [7, 11) is -3.92. The van der Waals surface area contributed by atoms with E-state index in [1.54, 1.807) is 0 Å². The lowest BCUT2D eigenvalue weighted by Crippen LogP contribution is -2.42. The molecule has 2 atom stereocenters. The van der Waals surface area contributed by atoms with E-state index in [1.165, 1.54) is 0 Å². The monoisotopic (exact) mass is 253 g/mol. The molecule has 1 aliphatic heterocycles. The molecule has 4 nitrogen and oxygen atoms in total. The van der Waals surface area contributed by atoms with Gasteiger partial charge in [-0.3, -0.25) is 9.46 Å². The third-order valence-electron chi connectivity index (χ3n) is 2.88. The third-order valence-corrected chi connectivity index (χ3v) is 4.72. The molecular formula is C9H20NO3PS. The Labute approximate surface area is 95.6 Å². The fourth-order valence-electron chi connectivity index (χ4n) is 1.85. The van der Waals surface area contributed by atoms with E-state index in [0.29, 0.717) is 6.04 Å². The van der Waals surface area contributed by atoms with Crippen molar-refractivity contribution in [3.63, 3.8) is 0 Å². The van der Waals surface area contributed by atoms with Crippen molar-refractivity contribution in [3.05, 3.63) is 0 Å². The summed E-state index contributed by atoms with van der Waals surface area (Å²) in [5, 5.41) is 0. The Balaban J connectivity index is 2.64. The molecule has 6 heteroatoms. The first-order valence-electron chi connectivity index (χ1n) is 5.32. The SMILES string of the molecule is CCC(C)N(CP(=O)(O)O)C1CCSC1. The van der Waals surface area contributed by atoms with E-state index in [9.17, 15) is 4.57 Å². The Kier molecular flexibility index (Phi) is 5.13. The van der Waals surface area contributed by atoms with Crippen molar-refractivity contribution in [2.75, 3.05) is 17.8 Å². The van der Waals surface area contributed by atoms with Gasteiger partial charge in [0.25, 0.3) is 0 Å². The van der Waals surface area contributed by atoms with Crippen LogP contribution in [0.5, 0.6) is 0 Å². The second-order valence-corrected chi connectivity index (χ2v) is 6.86. The van der Waals surface area contributed by atoms with Gasteiger partial charge in [-0.05, 0) is 25.5 Å². The molecule has 2 N–H and O–H groups in total. The van der Waals surface area contributed by atoms with Crippen LogP contribution in [0, 0.1) is 0 Å². The first-order valence-corrected chi connectivity index (χ1v) is 8.27. The zero-order valence-corrected chi connectivity index (χ0v) is 11.0. The van der Waals surface area contributed by atoms with Gasteiger partial charge in [-0.1, -0.05) is 6.92 Å². The summed E-state index contributed by atoms with van der Waals surface area (Å²) in [6, 6.07) is 0.596. The lowest BCUT2D eigenvalue weighted by molar-refractivity contribution is 0.168. The van der Waals surface area contributed by atoms with Crippen LogP contribution in [0.2, 0.25) is 0 Å². The number of hydrogen-bond donors (Lipinski definition) is 2. The van der Waals surface area contributed by atoms with Crippen LogP contribution in [0.1, 0.15) is 26.7 Å². The zero-order valence-electron chi connectivity index (χ0n) is 9.30. The Morgan fingerprint density at radius 3 is 2.67 bits per heavy atom. The Bertz CT molecular complexity index is 240. The first kappa shape index (κ1) is 13.5. The second kappa shape index (κ2) is 5.69. The standard InChI is InChI=1S/C9H20NO3PS/c1-3-8(2)10(7-14(11,12)13)9-4-5-15-6-9/h8-9H,3-7H2,1-2H3,(H2,11,12,13). The van der Waals surface area contributed by atoms with Crippen molar-refractivity contribution >= 4 is 19.4 Å². The molecule has 1 rings (SSSR count). The maximum Gasteiger partial charge on any atom is 0.339 e. The molecule has 1 aliphatic rings. The van der Waals surface area contributed by atoms with Crippen LogP contribution in [0.25, 0.3) is 0 Å². The molecule has 0 spiro atoms. The van der Waals surface area contributed by atoms with Crippen molar-refractivity contribution in [1.82, 2.24) is 4.90 Å². The van der Waals surface area contributed by atoms with Gasteiger partial charge in [0.15, 0.2) is 0 Å². The minimum Gasteiger partial charge on any atom is -0.324 e. The van der Waals surface area contributed by atoms with E-state index in [0.717, 1.165) is 24.3 Å². The molecule has 0 aromatic rings. The van der Waals surface area contributed by atoms with Crippen molar-refractivity contribution in [3.8, 4) is 0 Å². The fraction of sp³-hybridized carbons (Fsp3) is 1.00. The molecule has 0 aliphatic carbocycles. The molecular weight excluding hydrogens is 233 g/mol. The lowest BCUT2D eigenvalue weighted by Gasteiger charge is -2.33. The van der Waals surface area contributed by atoms with Gasteiger partial charge in [0, 0.05) is 17.8 Å². The first-order chi connectivity index (χ1) is 6.94. The van der Waals surface area contributed by atoms with Gasteiger partial charge in [-0.15, -0.1) is 0 Å². The summed E-state index contributed by atoms with van der Waals surface area (Å²) in [6.45, 7) is 4.10. The van der Waals surface area contributed by atoms with E-state index in [-0.39, 0.29) is 12.3 Å². The lowest BCUT2D eigenvalue weighted by atomic mass is 10.1. The van der Waals surface area contributed by atoms with Crippen LogP contribution in [0.15, 0.2) is 0 Å². The van der Waals surface area contributed by atoms with Crippen LogP contribution < -0.4 is 0 Å². The molecule has 0 saturated carbocycles. The highest BCUT2D eigenvalue weighted by Crippen LogP contribution is 2.38. The summed E-state index contributed by atoms with van der Waals surface area (Å²) in [4.78, 5) is 20.1. The van der Waals surface area contributed by atoms with Crippen LogP contribution >= 0.6 is 19.4 Å². The van der Waals surface area contributed by atoms with Gasteiger partial charge in [0.05, 0.1) is 0 Å². The summed E-state index contributed by atoms with van der Waals surface area (Å²) in [6.07, 6.45) is 1.89. The molecule has 15 heavy (non-hydrogen) atoms. The largest absolute Gasteiger partial charge is 0.339 e. The molecule has 90 valence electrons. The number of nitrogens with zero attached hydrogens (tertiary/aromatic N) is 1. The maximum atomic E-state index is 11.1. The predicted octanol–water partition coefficient (Wildman–Crippen LogP) is 1.73. The summed E-state index contributed by atoms with van der Waals surface area (Å²) in [5.74, 6) is 2.11. The molecule has 0 bridgehead atoms. The zero-order chi connectivity index (χ0) is 11.5. The van der Waals surface area contributed by atoms with Gasteiger partial charge >= 0.3 is 7.60 Å². The quantitative estimate of drug-likeness (QED) is 0.731. The number of thioether (sulfide) groups is 1. The summed E-state index contributed by atoms with van der Waals surface area (Å²) < 4.78 is 11.1. The van der Waals surface area contributed by atoms with E-state index < -0.39 is 7.60 Å². The molecule has 1 fully saturated rings. The molecule has 1 saturated heterocycles. The van der Waals surface area contributed by atoms with Crippen molar-refractivity contribution in [2.24, 2.45) is 0 Å². The van der Waals surface area contributed by atoms with Crippen molar-refractivity contribution in [1.29, 1.82) is 0 Å². The van der Waals surface area contributed by atoms with Gasteiger partial charge in [0.2, 0.25) is 0 Å². The van der Waals surface area contributed by atoms with E-state index >= 15 is 0 Å². The highest BCUT2D eigenvalue weighted by atomic mass is 32.2. The van der Waals surface area contributed by atoms with Gasteiger partial charge < -0.3 is 9.79 Å². The minimum atomic E-state index is -3.92. The maximum absolute atomic E-state index is 11.1. The molecule has 1 heterocycles. The van der Waals surface area contributed by atoms with Crippen molar-refractivity contribution < 1.29 is 14.4 Å². The predicted molar refractivity (Wildman–Crippen MR) is 64.2 cm³/mol. The molecule has 0 amide bonds. The van der Waals surface area contributed by atoms with E-state index in [4.69, 9.17) is 9.79 Å². The number of hydrogen-bond acceptors (Lipinski definition) is 3. The molecule has 2 unspecified atom stereocenters. The van der Waals surface area contributed by atoms with Gasteiger partial charge in [-0.2, -0.15) is 11.8 Å². The van der Waals surface area contributed by atoms with Crippen LogP contribution in [-0.2, 0) is 4.57 Å². The third kappa shape index (κ3) is 4.45. The highest BCUT2D eigenvalue weighted by molar-refractivity contribution is 7.99. The molecule has 0 aromatic carbocycles. The summed E-state index contributed by atoms with van der Waals surface area (Å²) >= 11 is 1.87. The van der Waals surface area contributed by atoms with Gasteiger partial charge in [-0.25, -0.2) is 0 Å². The second-order valence-electron chi connectivity index (χ2n) is 4.10. The van der Waals surface area contributed by atoms with E-state index in [2.05, 4.69) is 6.92 Å². The molecule has 0 radical (unpaired) electrons. The summed E-state index contributed by atoms with van der Waals surface area (Å²) in [5.41, 5.74) is 0. The topological polar surface area (TPSA) is 60.8 Å². The van der Waals surface area contributed by atoms with Crippen LogP contribution in [0.3, 0.4) is 0 Å². The Morgan fingerprint density at radius 2 is 2.27 bits per heavy atom. The highest BCUT2D eigenvalue weighted by Gasteiger charge is 2.30. The average molecular weight is 253 g/mol. The minimum absolute atomic E-state index is 0.0900.